The molecule has 46 heavy (non-hydrogen) atoms. The van der Waals surface area contributed by atoms with Gasteiger partial charge < -0.3 is 44.3 Å². The molecule has 12 heteroatoms. The number of carboxylic acids is 1. The van der Waals surface area contributed by atoms with Gasteiger partial charge in [-0.25, -0.2) is 9.59 Å². The molecule has 3 aliphatic rings. The molecule has 2 amide bonds. The topological polar surface area (TPSA) is 150 Å². The van der Waals surface area contributed by atoms with Crippen molar-refractivity contribution in [1.29, 1.82) is 0 Å². The summed E-state index contributed by atoms with van der Waals surface area (Å²) in [5, 5.41) is 22.2. The van der Waals surface area contributed by atoms with Crippen LogP contribution in [-0.2, 0) is 28.5 Å². The van der Waals surface area contributed by atoms with Crippen LogP contribution in [0.2, 0.25) is 0 Å². The summed E-state index contributed by atoms with van der Waals surface area (Å²) in [5.41, 5.74) is 0.800. The van der Waals surface area contributed by atoms with E-state index in [0.29, 0.717) is 19.5 Å². The Morgan fingerprint density at radius 3 is 2.41 bits per heavy atom. The number of ether oxygens (including phenoxy) is 4. The number of carbonyl (C=O) groups excluding carboxylic acids is 2. The highest BCUT2D eigenvalue weighted by molar-refractivity contribution is 5.84. The van der Waals surface area contributed by atoms with Gasteiger partial charge in [-0.15, -0.1) is 0 Å². The number of rotatable bonds is 15. The Bertz CT molecular complexity index is 1090. The molecule has 3 aliphatic heterocycles. The first-order chi connectivity index (χ1) is 21.6. The molecule has 0 aromatic heterocycles. The van der Waals surface area contributed by atoms with Crippen LogP contribution >= 0.6 is 0 Å². The van der Waals surface area contributed by atoms with Crippen molar-refractivity contribution >= 4 is 18.0 Å². The molecule has 262 valence electrons. The minimum Gasteiger partial charge on any atom is -0.480 e. The van der Waals surface area contributed by atoms with Gasteiger partial charge in [0.1, 0.15) is 6.61 Å². The van der Waals surface area contributed by atoms with Crippen LogP contribution in [0.15, 0.2) is 23.8 Å². The van der Waals surface area contributed by atoms with Gasteiger partial charge in [-0.05, 0) is 64.5 Å². The summed E-state index contributed by atoms with van der Waals surface area (Å²) in [4.78, 5) is 40.6. The predicted octanol–water partition coefficient (Wildman–Crippen LogP) is 3.23. The number of likely N-dealkylation sites (N-methyl/N-ethyl adjacent to an activating group) is 1. The molecule has 3 fully saturated rings. The summed E-state index contributed by atoms with van der Waals surface area (Å²) >= 11 is 0. The first kappa shape index (κ1) is 37.9. The fourth-order valence-electron chi connectivity index (χ4n) is 6.89. The van der Waals surface area contributed by atoms with Crippen LogP contribution in [-0.4, -0.2) is 127 Å². The lowest BCUT2D eigenvalue weighted by atomic mass is 9.85. The van der Waals surface area contributed by atoms with Crippen molar-refractivity contribution in [2.75, 3.05) is 46.9 Å². The van der Waals surface area contributed by atoms with Crippen molar-refractivity contribution in [3.05, 3.63) is 23.8 Å². The lowest BCUT2D eigenvalue weighted by molar-refractivity contribution is -0.144. The number of carbonyl (C=O) groups is 3. The van der Waals surface area contributed by atoms with Crippen LogP contribution in [0.4, 0.5) is 4.79 Å². The first-order valence-corrected chi connectivity index (χ1v) is 16.7. The zero-order chi connectivity index (χ0) is 34.2. The van der Waals surface area contributed by atoms with Gasteiger partial charge in [0, 0.05) is 39.2 Å². The summed E-state index contributed by atoms with van der Waals surface area (Å²) in [5.74, 6) is -1.10. The first-order valence-electron chi connectivity index (χ1n) is 16.7. The molecule has 3 N–H and O–H groups in total. The summed E-state index contributed by atoms with van der Waals surface area (Å²) in [7, 11) is 3.59. The Morgan fingerprint density at radius 2 is 1.80 bits per heavy atom. The summed E-state index contributed by atoms with van der Waals surface area (Å²) < 4.78 is 23.1. The second-order valence-electron chi connectivity index (χ2n) is 13.9. The third kappa shape index (κ3) is 10.8. The van der Waals surface area contributed by atoms with Gasteiger partial charge in [-0.3, -0.25) is 4.79 Å². The Kier molecular flexibility index (Phi) is 14.1. The van der Waals surface area contributed by atoms with E-state index < -0.39 is 36.7 Å². The second kappa shape index (κ2) is 17.1. The summed E-state index contributed by atoms with van der Waals surface area (Å²) in [6.07, 6.45) is 6.81. The monoisotopic (exact) mass is 651 g/mol. The molecule has 0 aliphatic carbocycles. The lowest BCUT2D eigenvalue weighted by Gasteiger charge is -2.35. The molecule has 0 bridgehead atoms. The van der Waals surface area contributed by atoms with Gasteiger partial charge in [-0.1, -0.05) is 39.0 Å². The number of aliphatic hydroxyl groups is 1. The molecular formula is C34H57N3O9. The number of allylic oxidation sites excluding steroid dienone is 3. The van der Waals surface area contributed by atoms with E-state index in [-0.39, 0.29) is 54.2 Å². The van der Waals surface area contributed by atoms with Gasteiger partial charge >= 0.3 is 12.1 Å². The molecule has 3 saturated heterocycles. The van der Waals surface area contributed by atoms with Crippen LogP contribution in [0.3, 0.4) is 0 Å². The number of aliphatic hydroxyl groups excluding tert-OH is 1. The number of piperazine rings is 1. The van der Waals surface area contributed by atoms with Gasteiger partial charge in [-0.2, -0.15) is 0 Å². The second-order valence-corrected chi connectivity index (χ2v) is 13.9. The third-order valence-electron chi connectivity index (χ3n) is 9.64. The fraction of sp³-hybridized carbons (Fsp3) is 0.794. The number of nitrogens with one attached hydrogen (secondary N) is 1. The van der Waals surface area contributed by atoms with Gasteiger partial charge in [0.2, 0.25) is 5.91 Å². The van der Waals surface area contributed by atoms with E-state index in [1.165, 1.54) is 0 Å². The Morgan fingerprint density at radius 1 is 1.13 bits per heavy atom. The number of nitrogens with zero attached hydrogens (tertiary/aromatic N) is 2. The van der Waals surface area contributed by atoms with E-state index in [2.05, 4.69) is 50.1 Å². The number of methoxy groups -OCH3 is 1. The number of hydrogen-bond donors (Lipinski definition) is 3. The van der Waals surface area contributed by atoms with Gasteiger partial charge in [0.15, 0.2) is 6.04 Å². The maximum Gasteiger partial charge on any atom is 0.409 e. The van der Waals surface area contributed by atoms with Crippen LogP contribution in [0.5, 0.6) is 0 Å². The SMILES string of the molecule is CO[C@H]([C@@H](C)[C@H]1O[C@]1(C)C[C@H](C)/C=C/C=C(\C)[C@H]1O[C@@H](CC(=O)N[C@@H](COC(=O)N2CCN(C)CC2)C(=O)O)CC[C@@H]1C)[C@@H](C)O. The Balaban J connectivity index is 1.47. The van der Waals surface area contributed by atoms with Gasteiger partial charge in [0.05, 0.1) is 42.5 Å². The summed E-state index contributed by atoms with van der Waals surface area (Å²) in [6.45, 7) is 14.2. The van der Waals surface area contributed by atoms with Crippen molar-refractivity contribution in [2.45, 2.75) is 109 Å². The minimum absolute atomic E-state index is 0.0245. The Labute approximate surface area is 274 Å². The molecule has 0 spiro atoms. The minimum atomic E-state index is -1.34. The molecule has 12 nitrogen and oxygen atoms in total. The normalized spacial score (nSPS) is 30.7. The third-order valence-corrected chi connectivity index (χ3v) is 9.64. The standard InChI is InChI=1S/C34H57N3O9/c1-21(19-34(6)31(46-34)24(4)30(43-8)25(5)38)10-9-11-22(2)29-23(3)12-13-26(45-29)18-28(39)35-27(32(40)41)20-44-33(42)37-16-14-36(7)15-17-37/h9-11,21,23-27,29-31,38H,12-20H2,1-8H3,(H,35,39)(H,40,41)/b10-9+,22-11+/t21-,23+,24-,25-,26-,27+,29-,30-,31-,34-/m1/s1. The highest BCUT2D eigenvalue weighted by atomic mass is 16.6. The summed E-state index contributed by atoms with van der Waals surface area (Å²) in [6, 6.07) is -1.34. The van der Waals surface area contributed by atoms with E-state index in [4.69, 9.17) is 18.9 Å². The van der Waals surface area contributed by atoms with Crippen molar-refractivity contribution < 1.29 is 43.5 Å². The number of aliphatic carboxylic acids is 1. The van der Waals surface area contributed by atoms with Gasteiger partial charge in [0.25, 0.3) is 0 Å². The van der Waals surface area contributed by atoms with Crippen LogP contribution in [0, 0.1) is 17.8 Å². The molecule has 0 aromatic carbocycles. The van der Waals surface area contributed by atoms with Crippen LogP contribution < -0.4 is 5.32 Å². The Hall–Kier alpha value is -2.51. The van der Waals surface area contributed by atoms with Crippen molar-refractivity contribution in [3.8, 4) is 0 Å². The van der Waals surface area contributed by atoms with E-state index in [1.807, 2.05) is 20.0 Å². The highest BCUT2D eigenvalue weighted by Crippen LogP contribution is 2.47. The van der Waals surface area contributed by atoms with E-state index in [0.717, 1.165) is 31.5 Å². The van der Waals surface area contributed by atoms with Crippen molar-refractivity contribution in [2.24, 2.45) is 17.8 Å². The molecule has 0 radical (unpaired) electrons. The number of hydrogen-bond acceptors (Lipinski definition) is 9. The quantitative estimate of drug-likeness (QED) is 0.178. The largest absolute Gasteiger partial charge is 0.480 e. The van der Waals surface area contributed by atoms with E-state index in [1.54, 1.807) is 18.9 Å². The van der Waals surface area contributed by atoms with Crippen LogP contribution in [0.1, 0.15) is 67.2 Å². The predicted molar refractivity (Wildman–Crippen MR) is 173 cm³/mol. The average molecular weight is 652 g/mol. The molecule has 0 aromatic rings. The van der Waals surface area contributed by atoms with Crippen molar-refractivity contribution in [1.82, 2.24) is 15.1 Å². The maximum absolute atomic E-state index is 12.8. The lowest BCUT2D eigenvalue weighted by Crippen LogP contribution is -2.50. The average Bonchev–Trinajstić information content (AvgIpc) is 3.66. The zero-order valence-electron chi connectivity index (χ0n) is 28.9. The van der Waals surface area contributed by atoms with Crippen LogP contribution in [0.25, 0.3) is 0 Å². The maximum atomic E-state index is 12.8. The smallest absolute Gasteiger partial charge is 0.409 e. The van der Waals surface area contributed by atoms with E-state index >= 15 is 0 Å². The molecule has 10 atom stereocenters. The molecule has 0 saturated carbocycles. The zero-order valence-corrected chi connectivity index (χ0v) is 28.9. The fourth-order valence-corrected chi connectivity index (χ4v) is 6.89. The number of epoxide rings is 1. The number of amides is 2. The molecule has 3 rings (SSSR count). The molecular weight excluding hydrogens is 594 g/mol. The highest BCUT2D eigenvalue weighted by Gasteiger charge is 2.56. The molecule has 3 heterocycles. The number of carboxylic acid groups (broad SMARTS) is 1. The molecule has 0 unspecified atom stereocenters. The van der Waals surface area contributed by atoms with E-state index in [9.17, 15) is 24.6 Å². The van der Waals surface area contributed by atoms with Crippen molar-refractivity contribution in [3.63, 3.8) is 0 Å².